The van der Waals surface area contributed by atoms with Crippen LogP contribution in [0.25, 0.3) is 11.3 Å². The Morgan fingerprint density at radius 2 is 2.00 bits per heavy atom. The summed E-state index contributed by atoms with van der Waals surface area (Å²) in [6, 6.07) is 13.5. The molecule has 0 atom stereocenters. The van der Waals surface area contributed by atoms with Gasteiger partial charge >= 0.3 is 0 Å². The number of fused-ring (bicyclic) bond motifs is 1. The quantitative estimate of drug-likeness (QED) is 0.621. The Hall–Kier alpha value is -2.01. The number of aromatic nitrogens is 2. The Bertz CT molecular complexity index is 1030. The summed E-state index contributed by atoms with van der Waals surface area (Å²) in [5.41, 5.74) is 4.00. The number of nitrogens with one attached hydrogen (secondary N) is 1. The maximum atomic E-state index is 12.6. The largest absolute Gasteiger partial charge is 1.00 e. The smallest absolute Gasteiger partial charge is 0.266 e. The van der Waals surface area contributed by atoms with E-state index < -0.39 is 0 Å². The predicted octanol–water partition coefficient (Wildman–Crippen LogP) is 1.65. The van der Waals surface area contributed by atoms with Crippen LogP contribution in [-0.4, -0.2) is 10.5 Å². The number of rotatable bonds is 4. The van der Waals surface area contributed by atoms with E-state index in [9.17, 15) is 4.79 Å². The first-order valence-corrected chi connectivity index (χ1v) is 9.70. The first-order chi connectivity index (χ1) is 13.0. The van der Waals surface area contributed by atoms with Crippen LogP contribution in [0.15, 0.2) is 48.7 Å². The molecule has 0 radical (unpaired) electrons. The van der Waals surface area contributed by atoms with Gasteiger partial charge in [0.2, 0.25) is 0 Å². The fraction of sp³-hybridized carbons (Fsp3) is 0.238. The maximum absolute atomic E-state index is 12.6. The highest BCUT2D eigenvalue weighted by atomic mass is 35.5. The van der Waals surface area contributed by atoms with Crippen molar-refractivity contribution in [2.24, 2.45) is 0 Å². The van der Waals surface area contributed by atoms with E-state index in [0.29, 0.717) is 10.0 Å². The fourth-order valence-electron chi connectivity index (χ4n) is 3.61. The summed E-state index contributed by atoms with van der Waals surface area (Å²) in [4.78, 5) is 12.6. The molecule has 1 aromatic heterocycles. The molecule has 0 unspecified atom stereocenters. The Balaban J connectivity index is 0.00000225. The van der Waals surface area contributed by atoms with E-state index in [1.165, 1.54) is 0 Å². The van der Waals surface area contributed by atoms with E-state index >= 15 is 0 Å². The van der Waals surface area contributed by atoms with E-state index in [1.807, 2.05) is 60.2 Å². The van der Waals surface area contributed by atoms with Crippen LogP contribution in [0.4, 0.5) is 5.69 Å². The minimum absolute atomic E-state index is 0. The number of hydrogen-bond donors (Lipinski definition) is 1. The minimum Gasteiger partial charge on any atom is -1.00 e. The number of carbonyl (C=O) groups excluding carboxylic acids is 1. The number of halogens is 3. The number of aryl methyl sites for hydroxylation is 1. The van der Waals surface area contributed by atoms with Crippen molar-refractivity contribution < 1.29 is 21.8 Å². The lowest BCUT2D eigenvalue weighted by Gasteiger charge is -2.05. The van der Waals surface area contributed by atoms with Crippen molar-refractivity contribution in [2.75, 3.05) is 5.32 Å². The number of nitrogens with zero attached hydrogens (tertiary/aromatic N) is 2. The number of benzene rings is 2. The molecule has 1 aliphatic heterocycles. The van der Waals surface area contributed by atoms with Crippen molar-refractivity contribution in [3.05, 3.63) is 70.1 Å². The first kappa shape index (κ1) is 20.7. The lowest BCUT2D eigenvalue weighted by Crippen LogP contribution is -3.00. The molecule has 0 aliphatic carbocycles. The molecule has 1 aliphatic rings. The molecule has 0 fully saturated rings. The summed E-state index contributed by atoms with van der Waals surface area (Å²) in [7, 11) is 0. The van der Waals surface area contributed by atoms with E-state index in [-0.39, 0.29) is 24.9 Å². The molecule has 3 aromatic rings. The second-order valence-electron chi connectivity index (χ2n) is 6.86. The molecular weight excluding hydrogens is 417 g/mol. The predicted molar refractivity (Wildman–Crippen MR) is 108 cm³/mol. The number of amides is 1. The number of hydrogen-bond acceptors (Lipinski definition) is 1. The average molecular weight is 437 g/mol. The van der Waals surface area contributed by atoms with Crippen molar-refractivity contribution >= 4 is 34.8 Å². The molecule has 4 rings (SSSR count). The normalized spacial score (nSPS) is 12.4. The molecule has 0 spiro atoms. The van der Waals surface area contributed by atoms with Gasteiger partial charge in [-0.05, 0) is 49.2 Å². The molecular formula is C21H20Cl3N3O. The van der Waals surface area contributed by atoms with Crippen LogP contribution in [0, 0.1) is 6.92 Å². The van der Waals surface area contributed by atoms with Gasteiger partial charge in [0.15, 0.2) is 12.2 Å². The Kier molecular flexibility index (Phi) is 6.33. The first-order valence-electron chi connectivity index (χ1n) is 8.95. The third kappa shape index (κ3) is 4.19. The van der Waals surface area contributed by atoms with Crippen molar-refractivity contribution in [2.45, 2.75) is 32.9 Å². The SMILES string of the molecule is Cc1cccc(NC(=O)C[n+]2cc(-c3ccc(Cl)c(Cl)c3)n3c2CCC3)c1.[Cl-]. The standard InChI is InChI=1S/C21H19Cl2N3O.ClH/c1-14-4-2-5-16(10-14)24-20(27)13-25-12-19(26-9-3-6-21(25)26)15-7-8-17(22)18(23)11-15;/h2,4-5,7-8,10-12H,3,6,9,13H2,1H3;1H. The average Bonchev–Trinajstić information content (AvgIpc) is 3.21. The number of carbonyl (C=O) groups is 1. The van der Waals surface area contributed by atoms with Crippen LogP contribution >= 0.6 is 23.2 Å². The zero-order chi connectivity index (χ0) is 19.0. The van der Waals surface area contributed by atoms with Gasteiger partial charge in [-0.1, -0.05) is 35.3 Å². The van der Waals surface area contributed by atoms with Crippen molar-refractivity contribution in [1.29, 1.82) is 0 Å². The molecule has 7 heteroatoms. The van der Waals surface area contributed by atoms with Gasteiger partial charge in [-0.25, -0.2) is 9.13 Å². The van der Waals surface area contributed by atoms with E-state index in [4.69, 9.17) is 23.2 Å². The van der Waals surface area contributed by atoms with Crippen molar-refractivity contribution in [1.82, 2.24) is 4.57 Å². The molecule has 0 saturated carbocycles. The summed E-state index contributed by atoms with van der Waals surface area (Å²) in [5, 5.41) is 4.05. The summed E-state index contributed by atoms with van der Waals surface area (Å²) in [5.74, 6) is 1.13. The molecule has 1 amide bonds. The molecule has 1 N–H and O–H groups in total. The zero-order valence-electron chi connectivity index (χ0n) is 15.4. The second kappa shape index (κ2) is 8.56. The Morgan fingerprint density at radius 1 is 1.18 bits per heavy atom. The maximum Gasteiger partial charge on any atom is 0.266 e. The van der Waals surface area contributed by atoms with Gasteiger partial charge < -0.3 is 17.7 Å². The van der Waals surface area contributed by atoms with Crippen molar-refractivity contribution in [3.63, 3.8) is 0 Å². The van der Waals surface area contributed by atoms with Crippen LogP contribution in [0.5, 0.6) is 0 Å². The molecule has 2 aromatic carbocycles. The highest BCUT2D eigenvalue weighted by Crippen LogP contribution is 2.30. The van der Waals surface area contributed by atoms with Crippen molar-refractivity contribution in [3.8, 4) is 11.3 Å². The van der Waals surface area contributed by atoms with Gasteiger partial charge in [-0.2, -0.15) is 0 Å². The third-order valence-corrected chi connectivity index (χ3v) is 5.56. The molecule has 4 nitrogen and oxygen atoms in total. The molecule has 0 bridgehead atoms. The Morgan fingerprint density at radius 3 is 2.75 bits per heavy atom. The molecule has 2 heterocycles. The lowest BCUT2D eigenvalue weighted by atomic mass is 10.1. The van der Waals surface area contributed by atoms with E-state index in [2.05, 4.69) is 9.88 Å². The molecule has 0 saturated heterocycles. The number of anilines is 1. The van der Waals surface area contributed by atoms with E-state index in [1.54, 1.807) is 0 Å². The highest BCUT2D eigenvalue weighted by Gasteiger charge is 2.29. The third-order valence-electron chi connectivity index (χ3n) is 4.83. The highest BCUT2D eigenvalue weighted by molar-refractivity contribution is 6.42. The van der Waals surface area contributed by atoms with Gasteiger partial charge in [0, 0.05) is 11.3 Å². The Labute approximate surface area is 180 Å². The van der Waals surface area contributed by atoms with Gasteiger partial charge in [0.05, 0.1) is 23.0 Å². The number of imidazole rings is 1. The summed E-state index contributed by atoms with van der Waals surface area (Å²) >= 11 is 12.2. The van der Waals surface area contributed by atoms with Crippen LogP contribution < -0.4 is 22.3 Å². The topological polar surface area (TPSA) is 37.9 Å². The summed E-state index contributed by atoms with van der Waals surface area (Å²) < 4.78 is 4.30. The minimum atomic E-state index is -0.0356. The fourth-order valence-corrected chi connectivity index (χ4v) is 3.91. The van der Waals surface area contributed by atoms with Gasteiger partial charge in [0.1, 0.15) is 6.20 Å². The zero-order valence-corrected chi connectivity index (χ0v) is 17.7. The van der Waals surface area contributed by atoms with E-state index in [0.717, 1.165) is 47.7 Å². The van der Waals surface area contributed by atoms with Gasteiger partial charge in [0.25, 0.3) is 11.7 Å². The monoisotopic (exact) mass is 435 g/mol. The van der Waals surface area contributed by atoms with Crippen LogP contribution in [0.2, 0.25) is 10.0 Å². The summed E-state index contributed by atoms with van der Waals surface area (Å²) in [6.07, 6.45) is 4.06. The second-order valence-corrected chi connectivity index (χ2v) is 7.67. The van der Waals surface area contributed by atoms with Gasteiger partial charge in [-0.15, -0.1) is 0 Å². The molecule has 28 heavy (non-hydrogen) atoms. The summed E-state index contributed by atoms with van der Waals surface area (Å²) in [6.45, 7) is 3.23. The van der Waals surface area contributed by atoms with Crippen LogP contribution in [-0.2, 0) is 24.3 Å². The van der Waals surface area contributed by atoms with Gasteiger partial charge in [-0.3, -0.25) is 4.79 Å². The van der Waals surface area contributed by atoms with Crippen LogP contribution in [0.3, 0.4) is 0 Å². The van der Waals surface area contributed by atoms with Crippen LogP contribution in [0.1, 0.15) is 17.8 Å². The molecule has 146 valence electrons. The lowest BCUT2D eigenvalue weighted by molar-refractivity contribution is -0.690.